The van der Waals surface area contributed by atoms with Crippen LogP contribution >= 0.6 is 11.3 Å². The minimum absolute atomic E-state index is 0.0133. The zero-order valence-electron chi connectivity index (χ0n) is 17.3. The van der Waals surface area contributed by atoms with E-state index < -0.39 is 0 Å². The predicted molar refractivity (Wildman–Crippen MR) is 112 cm³/mol. The van der Waals surface area contributed by atoms with Crippen LogP contribution in [0, 0.1) is 19.8 Å². The maximum atomic E-state index is 12.2. The molecule has 0 aliphatic carbocycles. The highest BCUT2D eigenvalue weighted by Crippen LogP contribution is 2.28. The average molecular weight is 407 g/mol. The highest BCUT2D eigenvalue weighted by atomic mass is 32.1. The van der Waals surface area contributed by atoms with Gasteiger partial charge in [-0.25, -0.2) is 0 Å². The summed E-state index contributed by atoms with van der Waals surface area (Å²) in [7, 11) is 1.61. The number of thiazole rings is 1. The second-order valence-electron chi connectivity index (χ2n) is 7.20. The molecule has 1 amide bonds. The third-order valence-corrected chi connectivity index (χ3v) is 5.60. The summed E-state index contributed by atoms with van der Waals surface area (Å²) in [5, 5.41) is 2.90. The van der Waals surface area contributed by atoms with Gasteiger partial charge in [0.15, 0.2) is 11.5 Å². The number of methoxy groups -OCH3 is 1. The zero-order valence-corrected chi connectivity index (χ0v) is 18.1. The van der Waals surface area contributed by atoms with E-state index in [4.69, 9.17) is 9.47 Å². The van der Waals surface area contributed by atoms with Gasteiger partial charge < -0.3 is 19.4 Å². The number of hydrogen-bond acceptors (Lipinski definition) is 5. The SMILES string of the molecule is COc1cc(CNC(=O)CCn2c(C)c(C)sc2=O)ccc1OCCC(C)C. The summed E-state index contributed by atoms with van der Waals surface area (Å²) < 4.78 is 12.9. The molecule has 154 valence electrons. The van der Waals surface area contributed by atoms with Gasteiger partial charge in [0.2, 0.25) is 5.91 Å². The third-order valence-electron chi connectivity index (χ3n) is 4.61. The molecule has 7 heteroatoms. The molecule has 0 aliphatic heterocycles. The lowest BCUT2D eigenvalue weighted by Gasteiger charge is -2.13. The number of nitrogens with one attached hydrogen (secondary N) is 1. The van der Waals surface area contributed by atoms with E-state index in [1.165, 1.54) is 11.3 Å². The van der Waals surface area contributed by atoms with E-state index in [0.29, 0.717) is 37.1 Å². The summed E-state index contributed by atoms with van der Waals surface area (Å²) >= 11 is 1.22. The Labute approximate surface area is 170 Å². The molecule has 0 saturated carbocycles. The first-order valence-electron chi connectivity index (χ1n) is 9.55. The molecule has 0 atom stereocenters. The van der Waals surface area contributed by atoms with Crippen LogP contribution in [0.25, 0.3) is 0 Å². The molecular weight excluding hydrogens is 376 g/mol. The van der Waals surface area contributed by atoms with E-state index in [1.54, 1.807) is 11.7 Å². The molecule has 0 aliphatic rings. The quantitative estimate of drug-likeness (QED) is 0.654. The van der Waals surface area contributed by atoms with Crippen molar-refractivity contribution in [3.05, 3.63) is 44.0 Å². The zero-order chi connectivity index (χ0) is 20.7. The van der Waals surface area contributed by atoms with E-state index in [0.717, 1.165) is 22.6 Å². The minimum Gasteiger partial charge on any atom is -0.493 e. The van der Waals surface area contributed by atoms with Crippen molar-refractivity contribution in [2.75, 3.05) is 13.7 Å². The molecule has 28 heavy (non-hydrogen) atoms. The molecule has 1 aromatic carbocycles. The van der Waals surface area contributed by atoms with E-state index >= 15 is 0 Å². The van der Waals surface area contributed by atoms with Crippen molar-refractivity contribution in [2.24, 2.45) is 5.92 Å². The third kappa shape index (κ3) is 6.12. The van der Waals surface area contributed by atoms with Gasteiger partial charge in [0.05, 0.1) is 13.7 Å². The van der Waals surface area contributed by atoms with Crippen molar-refractivity contribution in [1.29, 1.82) is 0 Å². The van der Waals surface area contributed by atoms with Crippen molar-refractivity contribution in [3.63, 3.8) is 0 Å². The first kappa shape index (κ1) is 22.0. The van der Waals surface area contributed by atoms with Gasteiger partial charge >= 0.3 is 4.87 Å². The van der Waals surface area contributed by atoms with Crippen LogP contribution in [0.1, 0.15) is 42.8 Å². The number of aromatic nitrogens is 1. The standard InChI is InChI=1S/C21H30N2O4S/c1-14(2)9-11-27-18-7-6-17(12-19(18)26-5)13-22-20(24)8-10-23-15(3)16(4)28-21(23)25/h6-7,12,14H,8-11,13H2,1-5H3,(H,22,24). The highest BCUT2D eigenvalue weighted by Gasteiger charge is 2.11. The van der Waals surface area contributed by atoms with Crippen molar-refractivity contribution >= 4 is 17.2 Å². The summed E-state index contributed by atoms with van der Waals surface area (Å²) in [6.07, 6.45) is 1.25. The van der Waals surface area contributed by atoms with Crippen LogP contribution < -0.4 is 19.7 Å². The Morgan fingerprint density at radius 3 is 2.61 bits per heavy atom. The van der Waals surface area contributed by atoms with Gasteiger partial charge in [0.25, 0.3) is 0 Å². The van der Waals surface area contributed by atoms with Gasteiger partial charge in [0.1, 0.15) is 0 Å². The van der Waals surface area contributed by atoms with Gasteiger partial charge in [-0.05, 0) is 43.9 Å². The van der Waals surface area contributed by atoms with Gasteiger partial charge in [-0.15, -0.1) is 0 Å². The molecular formula is C21H30N2O4S. The number of amides is 1. The Morgan fingerprint density at radius 2 is 2.00 bits per heavy atom. The minimum atomic E-state index is -0.0913. The number of ether oxygens (including phenoxy) is 2. The second kappa shape index (κ2) is 10.3. The van der Waals surface area contributed by atoms with Crippen LogP contribution in [-0.2, 0) is 17.9 Å². The monoisotopic (exact) mass is 406 g/mol. The summed E-state index contributed by atoms with van der Waals surface area (Å²) in [5.41, 5.74) is 1.86. The molecule has 1 aromatic heterocycles. The molecule has 0 radical (unpaired) electrons. The molecule has 1 N–H and O–H groups in total. The molecule has 0 bridgehead atoms. The number of carbonyl (C=O) groups excluding carboxylic acids is 1. The largest absolute Gasteiger partial charge is 0.493 e. The molecule has 2 aromatic rings. The number of aryl methyl sites for hydroxylation is 1. The van der Waals surface area contributed by atoms with Crippen molar-refractivity contribution in [3.8, 4) is 11.5 Å². The Bertz CT molecular complexity index is 855. The van der Waals surface area contributed by atoms with Gasteiger partial charge in [-0.3, -0.25) is 9.59 Å². The summed E-state index contributed by atoms with van der Waals surface area (Å²) in [6, 6.07) is 5.67. The van der Waals surface area contributed by atoms with Crippen LogP contribution in [0.3, 0.4) is 0 Å². The molecule has 0 fully saturated rings. The normalized spacial score (nSPS) is 10.9. The van der Waals surface area contributed by atoms with Gasteiger partial charge in [0, 0.05) is 30.1 Å². The topological polar surface area (TPSA) is 69.6 Å². The van der Waals surface area contributed by atoms with Gasteiger partial charge in [-0.1, -0.05) is 31.3 Å². The fourth-order valence-corrected chi connectivity index (χ4v) is 3.55. The Hall–Kier alpha value is -2.28. The van der Waals surface area contributed by atoms with Crippen LogP contribution in [-0.4, -0.2) is 24.2 Å². The fraction of sp³-hybridized carbons (Fsp3) is 0.524. The molecule has 6 nitrogen and oxygen atoms in total. The number of rotatable bonds is 10. The fourth-order valence-electron chi connectivity index (χ4n) is 2.69. The summed E-state index contributed by atoms with van der Waals surface area (Å²) in [6.45, 7) is 9.58. The smallest absolute Gasteiger partial charge is 0.307 e. The number of hydrogen-bond donors (Lipinski definition) is 1. The average Bonchev–Trinajstić information content (AvgIpc) is 2.90. The molecule has 2 rings (SSSR count). The maximum Gasteiger partial charge on any atom is 0.307 e. The maximum absolute atomic E-state index is 12.2. The number of carbonyl (C=O) groups is 1. The van der Waals surface area contributed by atoms with E-state index in [1.807, 2.05) is 32.0 Å². The Morgan fingerprint density at radius 1 is 1.25 bits per heavy atom. The predicted octanol–water partition coefficient (Wildman–Crippen LogP) is 3.67. The van der Waals surface area contributed by atoms with Crippen LogP contribution in [0.2, 0.25) is 0 Å². The second-order valence-corrected chi connectivity index (χ2v) is 8.37. The van der Waals surface area contributed by atoms with Crippen LogP contribution in [0.15, 0.2) is 23.0 Å². The Kier molecular flexibility index (Phi) is 8.11. The lowest BCUT2D eigenvalue weighted by Crippen LogP contribution is -2.26. The number of benzene rings is 1. The molecule has 0 saturated heterocycles. The Balaban J connectivity index is 1.87. The first-order chi connectivity index (χ1) is 13.3. The lowest BCUT2D eigenvalue weighted by molar-refractivity contribution is -0.121. The van der Waals surface area contributed by atoms with E-state index in [-0.39, 0.29) is 17.2 Å². The van der Waals surface area contributed by atoms with Crippen molar-refractivity contribution in [2.45, 2.75) is 53.6 Å². The molecule has 1 heterocycles. The van der Waals surface area contributed by atoms with Crippen LogP contribution in [0.5, 0.6) is 11.5 Å². The molecule has 0 spiro atoms. The van der Waals surface area contributed by atoms with Crippen LogP contribution in [0.4, 0.5) is 0 Å². The first-order valence-corrected chi connectivity index (χ1v) is 10.4. The van der Waals surface area contributed by atoms with Gasteiger partial charge in [-0.2, -0.15) is 0 Å². The molecule has 0 unspecified atom stereocenters. The van der Waals surface area contributed by atoms with E-state index in [2.05, 4.69) is 19.2 Å². The lowest BCUT2D eigenvalue weighted by atomic mass is 10.1. The van der Waals surface area contributed by atoms with E-state index in [9.17, 15) is 9.59 Å². The van der Waals surface area contributed by atoms with Crippen molar-refractivity contribution < 1.29 is 14.3 Å². The number of nitrogens with zero attached hydrogens (tertiary/aromatic N) is 1. The summed E-state index contributed by atoms with van der Waals surface area (Å²) in [4.78, 5) is 25.0. The summed E-state index contributed by atoms with van der Waals surface area (Å²) in [5.74, 6) is 1.86. The highest BCUT2D eigenvalue weighted by molar-refractivity contribution is 7.09. The van der Waals surface area contributed by atoms with Crippen molar-refractivity contribution in [1.82, 2.24) is 9.88 Å².